The third kappa shape index (κ3) is 2.65. The number of hydrogen-bond acceptors (Lipinski definition) is 3. The number of nitrogens with zero attached hydrogens (tertiary/aromatic N) is 1. The van der Waals surface area contributed by atoms with Crippen molar-refractivity contribution in [2.75, 3.05) is 5.32 Å². The molecule has 1 atom stereocenters. The topological polar surface area (TPSA) is 45.5 Å². The Kier molecular flexibility index (Phi) is 3.75. The zero-order chi connectivity index (χ0) is 16.5. The maximum atomic E-state index is 12.8. The van der Waals surface area contributed by atoms with Gasteiger partial charge in [0.1, 0.15) is 11.9 Å². The fraction of sp³-hybridized carbons (Fsp3) is 0.105. The van der Waals surface area contributed by atoms with E-state index in [0.29, 0.717) is 11.6 Å². The van der Waals surface area contributed by atoms with Crippen LogP contribution in [0.2, 0.25) is 5.02 Å². The number of carbonyl (C=O) groups is 1. The molecule has 2 aromatic carbocycles. The summed E-state index contributed by atoms with van der Waals surface area (Å²) < 4.78 is 5.42. The van der Waals surface area contributed by atoms with Crippen LogP contribution in [0.1, 0.15) is 27.8 Å². The Bertz CT molecular complexity index is 859. The molecular weight excluding hydrogens is 324 g/mol. The highest BCUT2D eigenvalue weighted by Gasteiger charge is 2.36. The number of hydrogen-bond donors (Lipinski definition) is 1. The molecule has 0 spiro atoms. The van der Waals surface area contributed by atoms with Crippen molar-refractivity contribution in [3.8, 4) is 0 Å². The normalized spacial score (nSPS) is 16.3. The Morgan fingerprint density at radius 3 is 2.58 bits per heavy atom. The molecular formula is C19H15ClN2O2. The van der Waals surface area contributed by atoms with Crippen molar-refractivity contribution in [1.29, 1.82) is 0 Å². The van der Waals surface area contributed by atoms with Gasteiger partial charge in [0.2, 0.25) is 0 Å². The van der Waals surface area contributed by atoms with Crippen molar-refractivity contribution >= 4 is 23.2 Å². The average Bonchev–Trinajstić information content (AvgIpc) is 3.20. The second-order valence-electron chi connectivity index (χ2n) is 5.65. The molecule has 1 aliphatic heterocycles. The highest BCUT2D eigenvalue weighted by atomic mass is 35.5. The number of benzene rings is 2. The van der Waals surface area contributed by atoms with Crippen molar-refractivity contribution in [3.05, 3.63) is 88.8 Å². The summed E-state index contributed by atoms with van der Waals surface area (Å²) >= 11 is 5.95. The number of furan rings is 1. The van der Waals surface area contributed by atoms with Gasteiger partial charge in [0.15, 0.2) is 0 Å². The Morgan fingerprint density at radius 2 is 1.83 bits per heavy atom. The SMILES string of the molecule is O=C1c2ccccc2[C@H](Nc2ccc(Cl)cc2)N1Cc1ccco1. The van der Waals surface area contributed by atoms with Gasteiger partial charge in [-0.05, 0) is 42.5 Å². The molecule has 0 saturated heterocycles. The molecule has 3 aromatic rings. The molecule has 1 aliphatic rings. The number of rotatable bonds is 4. The van der Waals surface area contributed by atoms with Gasteiger partial charge in [-0.25, -0.2) is 0 Å². The Hall–Kier alpha value is -2.72. The lowest BCUT2D eigenvalue weighted by Gasteiger charge is -2.26. The van der Waals surface area contributed by atoms with Gasteiger partial charge in [-0.3, -0.25) is 4.79 Å². The molecule has 1 aromatic heterocycles. The van der Waals surface area contributed by atoms with Crippen LogP contribution in [0.15, 0.2) is 71.3 Å². The van der Waals surface area contributed by atoms with E-state index >= 15 is 0 Å². The molecule has 4 rings (SSSR count). The van der Waals surface area contributed by atoms with Crippen molar-refractivity contribution < 1.29 is 9.21 Å². The van der Waals surface area contributed by atoms with Gasteiger partial charge in [-0.1, -0.05) is 29.8 Å². The predicted molar refractivity (Wildman–Crippen MR) is 92.8 cm³/mol. The molecule has 1 amide bonds. The zero-order valence-electron chi connectivity index (χ0n) is 12.8. The standard InChI is InChI=1S/C19H15ClN2O2/c20-13-7-9-14(10-8-13)21-18-16-5-1-2-6-17(16)19(23)22(18)12-15-4-3-11-24-15/h1-11,18,21H,12H2/t18-/m1/s1. The first kappa shape index (κ1) is 14.8. The highest BCUT2D eigenvalue weighted by Crippen LogP contribution is 2.35. The van der Waals surface area contributed by atoms with Crippen LogP contribution in [0, 0.1) is 0 Å². The minimum Gasteiger partial charge on any atom is -0.467 e. The molecule has 120 valence electrons. The van der Waals surface area contributed by atoms with Crippen molar-refractivity contribution in [3.63, 3.8) is 0 Å². The summed E-state index contributed by atoms with van der Waals surface area (Å²) in [6.45, 7) is 0.409. The van der Waals surface area contributed by atoms with E-state index in [1.54, 1.807) is 11.2 Å². The summed E-state index contributed by atoms with van der Waals surface area (Å²) in [5, 5.41) is 4.10. The quantitative estimate of drug-likeness (QED) is 0.750. The lowest BCUT2D eigenvalue weighted by molar-refractivity contribution is 0.0715. The number of anilines is 1. The van der Waals surface area contributed by atoms with E-state index in [1.807, 2.05) is 60.7 Å². The first-order valence-corrected chi connectivity index (χ1v) is 8.04. The largest absolute Gasteiger partial charge is 0.467 e. The van der Waals surface area contributed by atoms with E-state index in [4.69, 9.17) is 16.0 Å². The van der Waals surface area contributed by atoms with Gasteiger partial charge >= 0.3 is 0 Å². The maximum Gasteiger partial charge on any atom is 0.256 e. The smallest absolute Gasteiger partial charge is 0.256 e. The Labute approximate surface area is 144 Å². The molecule has 0 bridgehead atoms. The third-order valence-electron chi connectivity index (χ3n) is 4.11. The van der Waals surface area contributed by atoms with Gasteiger partial charge in [0.25, 0.3) is 5.91 Å². The van der Waals surface area contributed by atoms with E-state index in [-0.39, 0.29) is 12.1 Å². The number of fused-ring (bicyclic) bond motifs is 1. The molecule has 0 aliphatic carbocycles. The van der Waals surface area contributed by atoms with E-state index in [9.17, 15) is 4.79 Å². The van der Waals surface area contributed by atoms with Gasteiger partial charge in [-0.15, -0.1) is 0 Å². The minimum atomic E-state index is -0.250. The molecule has 24 heavy (non-hydrogen) atoms. The van der Waals surface area contributed by atoms with Gasteiger partial charge in [0, 0.05) is 21.8 Å². The van der Waals surface area contributed by atoms with Crippen molar-refractivity contribution in [1.82, 2.24) is 4.90 Å². The first-order chi connectivity index (χ1) is 11.7. The van der Waals surface area contributed by atoms with E-state index in [0.717, 1.165) is 22.6 Å². The summed E-state index contributed by atoms with van der Waals surface area (Å²) in [5.41, 5.74) is 2.58. The molecule has 0 saturated carbocycles. The third-order valence-corrected chi connectivity index (χ3v) is 4.36. The van der Waals surface area contributed by atoms with Crippen LogP contribution >= 0.6 is 11.6 Å². The van der Waals surface area contributed by atoms with Crippen LogP contribution in [0.4, 0.5) is 5.69 Å². The summed E-state index contributed by atoms with van der Waals surface area (Å²) in [7, 11) is 0. The molecule has 4 nitrogen and oxygen atoms in total. The summed E-state index contributed by atoms with van der Waals surface area (Å²) in [5.74, 6) is 0.743. The fourth-order valence-electron chi connectivity index (χ4n) is 2.96. The van der Waals surface area contributed by atoms with Crippen LogP contribution in [0.3, 0.4) is 0 Å². The summed E-state index contributed by atoms with van der Waals surface area (Å²) in [6, 6.07) is 18.8. The second kappa shape index (κ2) is 6.06. The van der Waals surface area contributed by atoms with Crippen LogP contribution in [-0.2, 0) is 6.54 Å². The Balaban J connectivity index is 1.68. The lowest BCUT2D eigenvalue weighted by atomic mass is 10.1. The average molecular weight is 339 g/mol. The van der Waals surface area contributed by atoms with Gasteiger partial charge < -0.3 is 14.6 Å². The van der Waals surface area contributed by atoms with Crippen LogP contribution < -0.4 is 5.32 Å². The van der Waals surface area contributed by atoms with E-state index in [1.165, 1.54) is 0 Å². The first-order valence-electron chi connectivity index (χ1n) is 7.67. The minimum absolute atomic E-state index is 0.00605. The van der Waals surface area contributed by atoms with E-state index < -0.39 is 0 Å². The van der Waals surface area contributed by atoms with Crippen molar-refractivity contribution in [2.24, 2.45) is 0 Å². The number of halogens is 1. The van der Waals surface area contributed by atoms with Gasteiger partial charge in [-0.2, -0.15) is 0 Å². The Morgan fingerprint density at radius 1 is 1.04 bits per heavy atom. The molecule has 5 heteroatoms. The summed E-state index contributed by atoms with van der Waals surface area (Å²) in [4.78, 5) is 14.6. The number of carbonyl (C=O) groups excluding carboxylic acids is 1. The second-order valence-corrected chi connectivity index (χ2v) is 6.09. The highest BCUT2D eigenvalue weighted by molar-refractivity contribution is 6.30. The predicted octanol–water partition coefficient (Wildman–Crippen LogP) is 4.70. The van der Waals surface area contributed by atoms with Crippen LogP contribution in [0.5, 0.6) is 0 Å². The lowest BCUT2D eigenvalue weighted by Crippen LogP contribution is -2.31. The molecule has 0 radical (unpaired) electrons. The maximum absolute atomic E-state index is 12.8. The molecule has 0 unspecified atom stereocenters. The number of nitrogens with one attached hydrogen (secondary N) is 1. The molecule has 0 fully saturated rings. The molecule has 2 heterocycles. The number of amides is 1. The monoisotopic (exact) mass is 338 g/mol. The van der Waals surface area contributed by atoms with Gasteiger partial charge in [0.05, 0.1) is 12.8 Å². The summed E-state index contributed by atoms with van der Waals surface area (Å²) in [6.07, 6.45) is 1.37. The van der Waals surface area contributed by atoms with Crippen molar-refractivity contribution in [2.45, 2.75) is 12.7 Å². The van der Waals surface area contributed by atoms with Crippen LogP contribution in [0.25, 0.3) is 0 Å². The zero-order valence-corrected chi connectivity index (χ0v) is 13.5. The molecule has 1 N–H and O–H groups in total. The van der Waals surface area contributed by atoms with E-state index in [2.05, 4.69) is 5.32 Å². The van der Waals surface area contributed by atoms with Crippen LogP contribution in [-0.4, -0.2) is 10.8 Å². The fourth-order valence-corrected chi connectivity index (χ4v) is 3.09.